The number of nitrogens with zero attached hydrogens (tertiary/aromatic N) is 3. The van der Waals surface area contributed by atoms with Crippen molar-refractivity contribution in [3.05, 3.63) is 82.4 Å². The first-order valence-electron chi connectivity index (χ1n) is 8.78. The third-order valence-electron chi connectivity index (χ3n) is 4.25. The molecule has 0 fully saturated rings. The summed E-state index contributed by atoms with van der Waals surface area (Å²) in [6.07, 6.45) is 2.15. The van der Waals surface area contributed by atoms with Crippen LogP contribution in [0.2, 0.25) is 0 Å². The van der Waals surface area contributed by atoms with Crippen molar-refractivity contribution in [2.24, 2.45) is 5.10 Å². The van der Waals surface area contributed by atoms with Crippen molar-refractivity contribution in [2.75, 3.05) is 17.1 Å². The minimum atomic E-state index is -3.77. The van der Waals surface area contributed by atoms with E-state index in [1.807, 2.05) is 18.2 Å². The molecule has 0 saturated carbocycles. The van der Waals surface area contributed by atoms with E-state index in [4.69, 9.17) is 0 Å². The molecule has 0 atom stereocenters. The van der Waals surface area contributed by atoms with Crippen LogP contribution in [-0.4, -0.2) is 38.3 Å². The number of carbonyl (C=O) groups is 1. The second-order valence-electron chi connectivity index (χ2n) is 6.38. The molecule has 1 amide bonds. The summed E-state index contributed by atoms with van der Waals surface area (Å²) in [5.41, 5.74) is 2.63. The fourth-order valence-electron chi connectivity index (χ4n) is 2.91. The average Bonchev–Trinajstić information content (AvgIpc) is 2.71. The summed E-state index contributed by atoms with van der Waals surface area (Å²) >= 11 is 0. The van der Waals surface area contributed by atoms with Crippen molar-refractivity contribution in [2.45, 2.75) is 0 Å². The fourth-order valence-corrected chi connectivity index (χ4v) is 3.78. The molecule has 0 aliphatic rings. The molecule has 0 saturated heterocycles. The Morgan fingerprint density at radius 2 is 1.77 bits per heavy atom. The zero-order valence-corrected chi connectivity index (χ0v) is 16.7. The monoisotopic (exact) mass is 426 g/mol. The van der Waals surface area contributed by atoms with E-state index in [9.17, 15) is 23.3 Å². The highest BCUT2D eigenvalue weighted by molar-refractivity contribution is 7.92. The van der Waals surface area contributed by atoms with Crippen molar-refractivity contribution in [1.29, 1.82) is 0 Å². The molecule has 10 heteroatoms. The van der Waals surface area contributed by atoms with Gasteiger partial charge in [-0.3, -0.25) is 19.2 Å². The van der Waals surface area contributed by atoms with Crippen molar-refractivity contribution in [3.63, 3.8) is 0 Å². The number of carbonyl (C=O) groups excluding carboxylic acids is 1. The highest BCUT2D eigenvalue weighted by Gasteiger charge is 2.22. The van der Waals surface area contributed by atoms with Gasteiger partial charge in [0.1, 0.15) is 6.54 Å². The maximum atomic E-state index is 12.4. The summed E-state index contributed by atoms with van der Waals surface area (Å²) in [4.78, 5) is 22.8. The lowest BCUT2D eigenvalue weighted by molar-refractivity contribution is -0.385. The maximum Gasteiger partial charge on any atom is 0.278 e. The number of benzene rings is 3. The van der Waals surface area contributed by atoms with Crippen LogP contribution < -0.4 is 9.73 Å². The zero-order valence-electron chi connectivity index (χ0n) is 15.9. The van der Waals surface area contributed by atoms with E-state index in [1.54, 1.807) is 30.3 Å². The number of rotatable bonds is 7. The van der Waals surface area contributed by atoms with E-state index in [0.717, 1.165) is 22.2 Å². The van der Waals surface area contributed by atoms with Crippen LogP contribution in [0.3, 0.4) is 0 Å². The van der Waals surface area contributed by atoms with Gasteiger partial charge in [0, 0.05) is 11.5 Å². The van der Waals surface area contributed by atoms with Crippen molar-refractivity contribution >= 4 is 44.3 Å². The molecule has 0 bridgehead atoms. The number of anilines is 1. The highest BCUT2D eigenvalue weighted by Crippen LogP contribution is 2.28. The largest absolute Gasteiger partial charge is 0.278 e. The smallest absolute Gasteiger partial charge is 0.271 e. The van der Waals surface area contributed by atoms with Crippen LogP contribution >= 0.6 is 0 Å². The van der Waals surface area contributed by atoms with E-state index in [1.165, 1.54) is 18.2 Å². The summed E-state index contributed by atoms with van der Waals surface area (Å²) in [6.45, 7) is -0.499. The van der Waals surface area contributed by atoms with Gasteiger partial charge >= 0.3 is 0 Å². The summed E-state index contributed by atoms with van der Waals surface area (Å²) in [5.74, 6) is -0.691. The number of nitrogens with one attached hydrogen (secondary N) is 1. The Labute approximate surface area is 172 Å². The topological polar surface area (TPSA) is 122 Å². The molecule has 3 rings (SSSR count). The van der Waals surface area contributed by atoms with Crippen LogP contribution in [-0.2, 0) is 14.8 Å². The van der Waals surface area contributed by atoms with E-state index in [-0.39, 0.29) is 11.3 Å². The molecule has 0 unspecified atom stereocenters. The number of amides is 1. The van der Waals surface area contributed by atoms with Gasteiger partial charge in [-0.05, 0) is 17.5 Å². The van der Waals surface area contributed by atoms with Gasteiger partial charge in [0.05, 0.1) is 28.6 Å². The molecule has 3 aromatic carbocycles. The number of hydrazone groups is 1. The number of nitro benzene ring substituents is 1. The number of fused-ring (bicyclic) bond motifs is 1. The van der Waals surface area contributed by atoms with Crippen molar-refractivity contribution in [1.82, 2.24) is 5.43 Å². The van der Waals surface area contributed by atoms with Gasteiger partial charge in [-0.15, -0.1) is 0 Å². The Kier molecular flexibility index (Phi) is 6.07. The third-order valence-corrected chi connectivity index (χ3v) is 5.38. The van der Waals surface area contributed by atoms with Crippen molar-refractivity contribution < 1.29 is 18.1 Å². The average molecular weight is 426 g/mol. The Bertz CT molecular complexity index is 1240. The van der Waals surface area contributed by atoms with Crippen LogP contribution in [0.25, 0.3) is 10.8 Å². The zero-order chi connectivity index (χ0) is 21.7. The normalized spacial score (nSPS) is 11.5. The van der Waals surface area contributed by atoms with Gasteiger partial charge in [-0.25, -0.2) is 13.8 Å². The number of hydrogen-bond acceptors (Lipinski definition) is 6. The molecule has 0 heterocycles. The Balaban J connectivity index is 1.82. The lowest BCUT2D eigenvalue weighted by Crippen LogP contribution is -2.39. The number of para-hydroxylation sites is 1. The Morgan fingerprint density at radius 3 is 2.50 bits per heavy atom. The molecule has 154 valence electrons. The lowest BCUT2D eigenvalue weighted by Gasteiger charge is -2.23. The predicted molar refractivity (Wildman–Crippen MR) is 115 cm³/mol. The fraction of sp³-hybridized carbons (Fsp3) is 0.100. The standard InChI is InChI=1S/C20H18N4O5S/c1-30(28,29)23(19-12-6-9-15-7-2-4-10-17(15)19)14-20(25)22-21-13-16-8-3-5-11-18(16)24(26)27/h2-13H,14H2,1H3,(H,22,25)/b21-13-. The van der Waals surface area contributed by atoms with Crippen LogP contribution in [0.1, 0.15) is 5.56 Å². The number of nitro groups is 1. The van der Waals surface area contributed by atoms with Gasteiger partial charge in [0.2, 0.25) is 10.0 Å². The first kappa shape index (κ1) is 20.9. The highest BCUT2D eigenvalue weighted by atomic mass is 32.2. The lowest BCUT2D eigenvalue weighted by atomic mass is 10.1. The molecular weight excluding hydrogens is 408 g/mol. The third kappa shape index (κ3) is 4.78. The second kappa shape index (κ2) is 8.70. The summed E-state index contributed by atoms with van der Waals surface area (Å²) in [5, 5.41) is 16.3. The maximum absolute atomic E-state index is 12.4. The molecule has 0 spiro atoms. The number of sulfonamides is 1. The Morgan fingerprint density at radius 1 is 1.10 bits per heavy atom. The van der Waals surface area contributed by atoms with Crippen LogP contribution in [0.15, 0.2) is 71.8 Å². The number of hydrogen-bond donors (Lipinski definition) is 1. The Hall–Kier alpha value is -3.79. The molecule has 0 aromatic heterocycles. The minimum Gasteiger partial charge on any atom is -0.271 e. The van der Waals surface area contributed by atoms with Gasteiger partial charge in [0.25, 0.3) is 11.6 Å². The molecule has 0 radical (unpaired) electrons. The van der Waals surface area contributed by atoms with E-state index in [2.05, 4.69) is 10.5 Å². The quantitative estimate of drug-likeness (QED) is 0.354. The molecule has 0 aliphatic heterocycles. The first-order valence-corrected chi connectivity index (χ1v) is 10.6. The minimum absolute atomic E-state index is 0.163. The molecule has 9 nitrogen and oxygen atoms in total. The summed E-state index contributed by atoms with van der Waals surface area (Å²) < 4.78 is 25.7. The SMILES string of the molecule is CS(=O)(=O)N(CC(=O)N/N=C\c1ccccc1[N+](=O)[O-])c1cccc2ccccc12. The summed E-state index contributed by atoms with van der Waals surface area (Å²) in [6, 6.07) is 18.3. The second-order valence-corrected chi connectivity index (χ2v) is 8.28. The molecule has 1 N–H and O–H groups in total. The van der Waals surface area contributed by atoms with E-state index >= 15 is 0 Å². The van der Waals surface area contributed by atoms with Gasteiger partial charge in [-0.2, -0.15) is 5.10 Å². The molecule has 30 heavy (non-hydrogen) atoms. The van der Waals surface area contributed by atoms with Gasteiger partial charge in [0.15, 0.2) is 0 Å². The van der Waals surface area contributed by atoms with E-state index in [0.29, 0.717) is 11.1 Å². The van der Waals surface area contributed by atoms with Crippen LogP contribution in [0.5, 0.6) is 0 Å². The van der Waals surface area contributed by atoms with Gasteiger partial charge < -0.3 is 0 Å². The summed E-state index contributed by atoms with van der Waals surface area (Å²) in [7, 11) is -3.77. The van der Waals surface area contributed by atoms with Crippen LogP contribution in [0, 0.1) is 10.1 Å². The molecule has 3 aromatic rings. The molecular formula is C20H18N4O5S. The molecule has 0 aliphatic carbocycles. The van der Waals surface area contributed by atoms with Crippen LogP contribution in [0.4, 0.5) is 11.4 Å². The van der Waals surface area contributed by atoms with Crippen molar-refractivity contribution in [3.8, 4) is 0 Å². The van der Waals surface area contributed by atoms with E-state index < -0.39 is 27.4 Å². The first-order chi connectivity index (χ1) is 14.3. The van der Waals surface area contributed by atoms with Gasteiger partial charge in [-0.1, -0.05) is 48.5 Å². The predicted octanol–water partition coefficient (Wildman–Crippen LogP) is 2.66.